The summed E-state index contributed by atoms with van der Waals surface area (Å²) in [6.45, 7) is 5.39. The quantitative estimate of drug-likeness (QED) is 0.792. The van der Waals surface area contributed by atoms with E-state index in [2.05, 4.69) is 21.5 Å². The van der Waals surface area contributed by atoms with Gasteiger partial charge in [-0.15, -0.1) is 11.6 Å². The number of nitrogens with zero attached hydrogens (tertiary/aromatic N) is 3. The van der Waals surface area contributed by atoms with Gasteiger partial charge in [-0.1, -0.05) is 19.8 Å². The summed E-state index contributed by atoms with van der Waals surface area (Å²) in [4.78, 5) is 9.27. The fraction of sp³-hybridized carbons (Fsp3) is 0.600. The van der Waals surface area contributed by atoms with Crippen molar-refractivity contribution in [2.24, 2.45) is 5.41 Å². The SMILES string of the molecule is Cc1ccc2nc(CCl)n(CC3(C)CCCC3)c2n1. The van der Waals surface area contributed by atoms with E-state index in [4.69, 9.17) is 11.6 Å². The second-order valence-corrected chi connectivity index (χ2v) is 6.33. The van der Waals surface area contributed by atoms with E-state index in [1.165, 1.54) is 25.7 Å². The molecule has 0 spiro atoms. The zero-order valence-corrected chi connectivity index (χ0v) is 12.4. The van der Waals surface area contributed by atoms with Crippen molar-refractivity contribution in [2.75, 3.05) is 0 Å². The number of alkyl halides is 1. The van der Waals surface area contributed by atoms with Crippen molar-refractivity contribution >= 4 is 22.8 Å². The van der Waals surface area contributed by atoms with Crippen LogP contribution in [0.25, 0.3) is 11.2 Å². The first-order valence-corrected chi connectivity index (χ1v) is 7.53. The van der Waals surface area contributed by atoms with Crippen LogP contribution in [0.2, 0.25) is 0 Å². The molecule has 2 aromatic rings. The Morgan fingerprint density at radius 2 is 2.00 bits per heavy atom. The van der Waals surface area contributed by atoms with Crippen LogP contribution >= 0.6 is 11.6 Å². The van der Waals surface area contributed by atoms with Crippen molar-refractivity contribution in [1.82, 2.24) is 14.5 Å². The van der Waals surface area contributed by atoms with Crippen molar-refractivity contribution in [1.29, 1.82) is 0 Å². The first kappa shape index (κ1) is 12.9. The Kier molecular flexibility index (Phi) is 3.25. The van der Waals surface area contributed by atoms with Crippen LogP contribution in [0.4, 0.5) is 0 Å². The van der Waals surface area contributed by atoms with E-state index in [0.717, 1.165) is 29.2 Å². The zero-order valence-electron chi connectivity index (χ0n) is 11.6. The average Bonchev–Trinajstić information content (AvgIpc) is 2.95. The molecular formula is C15H20ClN3. The fourth-order valence-corrected chi connectivity index (χ4v) is 3.38. The maximum Gasteiger partial charge on any atom is 0.160 e. The Hall–Kier alpha value is -1.09. The number of halogens is 1. The van der Waals surface area contributed by atoms with Crippen LogP contribution in [0.1, 0.15) is 44.1 Å². The van der Waals surface area contributed by atoms with Crippen LogP contribution in [-0.4, -0.2) is 14.5 Å². The normalized spacial score (nSPS) is 18.3. The summed E-state index contributed by atoms with van der Waals surface area (Å²) in [7, 11) is 0. The Labute approximate surface area is 119 Å². The van der Waals surface area contributed by atoms with Crippen LogP contribution in [0.15, 0.2) is 12.1 Å². The van der Waals surface area contributed by atoms with E-state index in [-0.39, 0.29) is 0 Å². The average molecular weight is 278 g/mol. The molecule has 0 unspecified atom stereocenters. The van der Waals surface area contributed by atoms with Gasteiger partial charge in [-0.3, -0.25) is 0 Å². The highest BCUT2D eigenvalue weighted by Crippen LogP contribution is 2.39. The summed E-state index contributed by atoms with van der Waals surface area (Å²) in [5.74, 6) is 1.40. The van der Waals surface area contributed by atoms with E-state index in [1.807, 2.05) is 19.1 Å². The molecule has 0 amide bonds. The summed E-state index contributed by atoms with van der Waals surface area (Å²) < 4.78 is 2.24. The number of aromatic nitrogens is 3. The number of pyridine rings is 1. The second-order valence-electron chi connectivity index (χ2n) is 6.06. The number of hydrogen-bond donors (Lipinski definition) is 0. The van der Waals surface area contributed by atoms with Crippen molar-refractivity contribution < 1.29 is 0 Å². The van der Waals surface area contributed by atoms with Gasteiger partial charge in [-0.05, 0) is 37.3 Å². The summed E-state index contributed by atoms with van der Waals surface area (Å²) >= 11 is 6.06. The number of hydrogen-bond acceptors (Lipinski definition) is 2. The summed E-state index contributed by atoms with van der Waals surface area (Å²) in [5.41, 5.74) is 3.36. The lowest BCUT2D eigenvalue weighted by Crippen LogP contribution is -2.21. The van der Waals surface area contributed by atoms with Crippen LogP contribution in [0.5, 0.6) is 0 Å². The van der Waals surface area contributed by atoms with Gasteiger partial charge in [0.15, 0.2) is 5.65 Å². The molecule has 0 bridgehead atoms. The third kappa shape index (κ3) is 2.36. The Morgan fingerprint density at radius 3 is 2.68 bits per heavy atom. The Bertz CT molecular complexity index is 597. The molecule has 0 N–H and O–H groups in total. The number of rotatable bonds is 3. The van der Waals surface area contributed by atoms with Gasteiger partial charge in [0.05, 0.1) is 5.88 Å². The zero-order chi connectivity index (χ0) is 13.5. The largest absolute Gasteiger partial charge is 0.311 e. The Balaban J connectivity index is 2.07. The van der Waals surface area contributed by atoms with E-state index >= 15 is 0 Å². The molecule has 102 valence electrons. The minimum Gasteiger partial charge on any atom is -0.311 e. The topological polar surface area (TPSA) is 30.7 Å². The van der Waals surface area contributed by atoms with Gasteiger partial charge < -0.3 is 4.57 Å². The van der Waals surface area contributed by atoms with Crippen molar-refractivity contribution in [2.45, 2.75) is 52.0 Å². The highest BCUT2D eigenvalue weighted by atomic mass is 35.5. The molecule has 19 heavy (non-hydrogen) atoms. The summed E-state index contributed by atoms with van der Waals surface area (Å²) in [5, 5.41) is 0. The lowest BCUT2D eigenvalue weighted by molar-refractivity contribution is 0.282. The molecule has 1 aliphatic carbocycles. The van der Waals surface area contributed by atoms with Crippen LogP contribution in [0.3, 0.4) is 0 Å². The maximum absolute atomic E-state index is 6.06. The van der Waals surface area contributed by atoms with Gasteiger partial charge in [-0.25, -0.2) is 9.97 Å². The second kappa shape index (κ2) is 4.78. The first-order chi connectivity index (χ1) is 9.11. The lowest BCUT2D eigenvalue weighted by Gasteiger charge is -2.25. The summed E-state index contributed by atoms with van der Waals surface area (Å²) in [6, 6.07) is 4.05. The lowest BCUT2D eigenvalue weighted by atomic mass is 9.89. The molecule has 2 heterocycles. The molecule has 2 aromatic heterocycles. The van der Waals surface area contributed by atoms with E-state index in [9.17, 15) is 0 Å². The van der Waals surface area contributed by atoms with Gasteiger partial charge in [-0.2, -0.15) is 0 Å². The van der Waals surface area contributed by atoms with Crippen LogP contribution in [-0.2, 0) is 12.4 Å². The molecule has 0 aromatic carbocycles. The Morgan fingerprint density at radius 1 is 1.26 bits per heavy atom. The van der Waals surface area contributed by atoms with Crippen LogP contribution in [0, 0.1) is 12.3 Å². The number of aryl methyl sites for hydroxylation is 1. The number of imidazole rings is 1. The number of fused-ring (bicyclic) bond motifs is 1. The van der Waals surface area contributed by atoms with Crippen LogP contribution < -0.4 is 0 Å². The predicted octanol–water partition coefficient (Wildman–Crippen LogP) is 4.06. The van der Waals surface area contributed by atoms with Gasteiger partial charge in [0, 0.05) is 12.2 Å². The van der Waals surface area contributed by atoms with E-state index < -0.39 is 0 Å². The molecule has 3 rings (SSSR count). The van der Waals surface area contributed by atoms with E-state index in [1.54, 1.807) is 0 Å². The molecule has 0 aliphatic heterocycles. The maximum atomic E-state index is 6.06. The molecule has 1 saturated carbocycles. The smallest absolute Gasteiger partial charge is 0.160 e. The molecule has 3 nitrogen and oxygen atoms in total. The minimum absolute atomic E-state index is 0.375. The van der Waals surface area contributed by atoms with Gasteiger partial charge in [0.2, 0.25) is 0 Å². The summed E-state index contributed by atoms with van der Waals surface area (Å²) in [6.07, 6.45) is 5.26. The third-order valence-corrected chi connectivity index (χ3v) is 4.52. The molecule has 0 saturated heterocycles. The molecular weight excluding hydrogens is 258 g/mol. The van der Waals surface area contributed by atoms with Crippen molar-refractivity contribution in [3.63, 3.8) is 0 Å². The predicted molar refractivity (Wildman–Crippen MR) is 78.4 cm³/mol. The van der Waals surface area contributed by atoms with E-state index in [0.29, 0.717) is 11.3 Å². The molecule has 1 aliphatic rings. The van der Waals surface area contributed by atoms with Crippen molar-refractivity contribution in [3.05, 3.63) is 23.7 Å². The fourth-order valence-electron chi connectivity index (χ4n) is 3.18. The highest BCUT2D eigenvalue weighted by Gasteiger charge is 2.30. The standard InChI is InChI=1S/C15H20ClN3/c1-11-5-6-12-14(17-11)19(13(9-16)18-12)10-15(2)7-3-4-8-15/h5-6H,3-4,7-10H2,1-2H3. The molecule has 1 fully saturated rings. The van der Waals surface area contributed by atoms with Gasteiger partial charge in [0.25, 0.3) is 0 Å². The minimum atomic E-state index is 0.375. The highest BCUT2D eigenvalue weighted by molar-refractivity contribution is 6.16. The molecule has 0 atom stereocenters. The monoisotopic (exact) mass is 277 g/mol. The first-order valence-electron chi connectivity index (χ1n) is 7.00. The molecule has 4 heteroatoms. The van der Waals surface area contributed by atoms with Gasteiger partial charge >= 0.3 is 0 Å². The van der Waals surface area contributed by atoms with Crippen molar-refractivity contribution in [3.8, 4) is 0 Å². The van der Waals surface area contributed by atoms with Gasteiger partial charge in [0.1, 0.15) is 11.3 Å². The third-order valence-electron chi connectivity index (χ3n) is 4.28. The molecule has 0 radical (unpaired) electrons.